The molecule has 0 amide bonds. The fourth-order valence-electron chi connectivity index (χ4n) is 2.65. The Labute approximate surface area is 218 Å². The van der Waals surface area contributed by atoms with Crippen LogP contribution in [0, 0.1) is 0 Å². The third kappa shape index (κ3) is 65.5. The summed E-state index contributed by atoms with van der Waals surface area (Å²) in [4.78, 5) is 28.1. The molecule has 0 aliphatic carbocycles. The minimum absolute atomic E-state index is 0. The molecule has 0 spiro atoms. The zero-order valence-corrected chi connectivity index (χ0v) is 23.4. The van der Waals surface area contributed by atoms with E-state index in [1.165, 1.54) is 83.5 Å². The van der Waals surface area contributed by atoms with E-state index >= 15 is 0 Å². The van der Waals surface area contributed by atoms with E-state index in [0.29, 0.717) is 6.42 Å². The molecule has 0 unspecified atom stereocenters. The van der Waals surface area contributed by atoms with Gasteiger partial charge in [0.05, 0.1) is 0 Å². The fourth-order valence-corrected chi connectivity index (χ4v) is 2.65. The molecule has 0 bridgehead atoms. The summed E-state index contributed by atoms with van der Waals surface area (Å²) in [7, 11) is 0. The predicted molar refractivity (Wildman–Crippen MR) is 114 cm³/mol. The third-order valence-corrected chi connectivity index (χ3v) is 3.99. The van der Waals surface area contributed by atoms with Gasteiger partial charge in [-0.2, -0.15) is 0 Å². The van der Waals surface area contributed by atoms with Crippen molar-refractivity contribution < 1.29 is 29.7 Å². The van der Waals surface area contributed by atoms with Gasteiger partial charge in [-0.25, -0.2) is 0 Å². The van der Waals surface area contributed by atoms with Crippen LogP contribution in [0.4, 0.5) is 0 Å². The van der Waals surface area contributed by atoms with Crippen molar-refractivity contribution in [3.05, 3.63) is 0 Å². The Bertz CT molecular complexity index is 341. The van der Waals surface area contributed by atoms with Crippen LogP contribution in [0.5, 0.6) is 0 Å². The van der Waals surface area contributed by atoms with Crippen molar-refractivity contribution in [3.63, 3.8) is 0 Å². The Balaban J connectivity index is -0.000000294. The maximum Gasteiger partial charge on any atom is 2.00 e. The number of rotatable bonds is 16. The van der Waals surface area contributed by atoms with Gasteiger partial charge in [-0.3, -0.25) is 4.79 Å². The second-order valence-electron chi connectivity index (χ2n) is 7.08. The average Bonchev–Trinajstić information content (AvgIpc) is 2.57. The van der Waals surface area contributed by atoms with Crippen molar-refractivity contribution in [2.45, 2.75) is 124 Å². The maximum absolute atomic E-state index is 10.3. The molecule has 1 N–H and O–H groups in total. The summed E-state index contributed by atoms with van der Waals surface area (Å²) in [6, 6.07) is 0. The monoisotopic (exact) mass is 540 g/mol. The van der Waals surface area contributed by atoms with Crippen molar-refractivity contribution in [2.75, 3.05) is 0 Å². The van der Waals surface area contributed by atoms with Gasteiger partial charge in [-0.1, -0.05) is 96.8 Å². The molecule has 0 saturated heterocycles. The van der Waals surface area contributed by atoms with E-state index in [0.717, 1.165) is 26.7 Å². The van der Waals surface area contributed by atoms with Crippen LogP contribution in [0.15, 0.2) is 0 Å². The Hall–Kier alpha value is -0.0186. The molecule has 0 saturated carbocycles. The molecule has 29 heavy (non-hydrogen) atoms. The molecule has 0 aliphatic rings. The van der Waals surface area contributed by atoms with Crippen LogP contribution < -0.4 is 10.2 Å². The molecule has 0 atom stereocenters. The van der Waals surface area contributed by atoms with E-state index in [1.54, 1.807) is 0 Å². The molecule has 0 aromatic heterocycles. The quantitative estimate of drug-likeness (QED) is 0.237. The van der Waals surface area contributed by atoms with E-state index in [2.05, 4.69) is 6.92 Å². The zero-order valence-electron chi connectivity index (χ0n) is 19.0. The van der Waals surface area contributed by atoms with Crippen LogP contribution in [0.2, 0.25) is 0 Å². The van der Waals surface area contributed by atoms with Gasteiger partial charge in [-0.05, 0) is 20.3 Å². The molecule has 0 rings (SSSR count). The summed E-state index contributed by atoms with van der Waals surface area (Å²) in [5.74, 6) is -2.82. The number of unbranched alkanes of at least 4 members (excludes halogenated alkanes) is 14. The Morgan fingerprint density at radius 3 is 1.00 bits per heavy atom. The number of carbonyl (C=O) groups excluding carboxylic acids is 2. The molecule has 0 aromatic carbocycles. The van der Waals surface area contributed by atoms with E-state index in [-0.39, 0.29) is 48.9 Å². The Morgan fingerprint density at radius 1 is 0.586 bits per heavy atom. The van der Waals surface area contributed by atoms with Crippen molar-refractivity contribution in [1.29, 1.82) is 0 Å². The van der Waals surface area contributed by atoms with E-state index in [9.17, 15) is 4.79 Å². The number of carbonyl (C=O) groups is 3. The van der Waals surface area contributed by atoms with Crippen LogP contribution in [-0.4, -0.2) is 71.9 Å². The van der Waals surface area contributed by atoms with Gasteiger partial charge in [0.25, 0.3) is 0 Å². The van der Waals surface area contributed by atoms with Crippen LogP contribution >= 0.6 is 0 Å². The van der Waals surface area contributed by atoms with Gasteiger partial charge >= 0.3 is 54.9 Å². The second kappa shape index (κ2) is 32.6. The topological polar surface area (TPSA) is 118 Å². The first-order valence-electron chi connectivity index (χ1n) is 10.8. The van der Waals surface area contributed by atoms with Gasteiger partial charge in [0.1, 0.15) is 0 Å². The molecule has 0 fully saturated rings. The first-order valence-corrected chi connectivity index (χ1v) is 10.8. The van der Waals surface area contributed by atoms with Crippen molar-refractivity contribution >= 4 is 66.8 Å². The van der Waals surface area contributed by atoms with E-state index < -0.39 is 17.9 Å². The number of carboxylic acids is 3. The first kappa shape index (κ1) is 36.4. The molecule has 0 aliphatic heterocycles. The van der Waals surface area contributed by atoms with Crippen LogP contribution in [-0.2, 0) is 14.4 Å². The van der Waals surface area contributed by atoms with E-state index in [4.69, 9.17) is 24.9 Å². The van der Waals surface area contributed by atoms with Crippen molar-refractivity contribution in [1.82, 2.24) is 0 Å². The normalized spacial score (nSPS) is 9.21. The van der Waals surface area contributed by atoms with Crippen LogP contribution in [0.25, 0.3) is 0 Å². The molecule has 7 heteroatoms. The van der Waals surface area contributed by atoms with Crippen molar-refractivity contribution in [2.24, 2.45) is 0 Å². The standard InChI is InChI=1S/C18H36O2.2C2H4O2.Ba/c1-2-3-4-5-6-7-8-9-10-11-12-13-14-15-16-17-18(19)20;2*1-2(3)4;/h2-17H2,1H3,(H,19,20);2*1H3,(H,3,4);/q;;;+2/p-2. The van der Waals surface area contributed by atoms with Crippen molar-refractivity contribution in [3.8, 4) is 0 Å². The SMILES string of the molecule is CC(=O)[O-].CC(=O)[O-].CCCCCCCCCCCCCCCCCC(=O)O.[Ba+2]. The molecular formula is C22H42BaO6. The minimum Gasteiger partial charge on any atom is -0.550 e. The largest absolute Gasteiger partial charge is 2.00 e. The number of hydrogen-bond donors (Lipinski definition) is 1. The molecule has 168 valence electrons. The van der Waals surface area contributed by atoms with Gasteiger partial charge in [-0.15, -0.1) is 0 Å². The zero-order chi connectivity index (χ0) is 22.0. The molecule has 0 radical (unpaired) electrons. The number of hydrogen-bond acceptors (Lipinski definition) is 5. The summed E-state index contributed by atoms with van der Waals surface area (Å²) in [5.41, 5.74) is 0. The summed E-state index contributed by atoms with van der Waals surface area (Å²) in [5, 5.41) is 26.3. The minimum atomic E-state index is -1.08. The number of aliphatic carboxylic acids is 3. The molecule has 0 heterocycles. The van der Waals surface area contributed by atoms with Crippen LogP contribution in [0.3, 0.4) is 0 Å². The third-order valence-electron chi connectivity index (χ3n) is 3.99. The second-order valence-corrected chi connectivity index (χ2v) is 7.08. The first-order chi connectivity index (χ1) is 13.2. The predicted octanol–water partition coefficient (Wildman–Crippen LogP) is 3.46. The van der Waals surface area contributed by atoms with E-state index in [1.807, 2.05) is 0 Å². The summed E-state index contributed by atoms with van der Waals surface area (Å²) in [6.07, 6.45) is 20.2. The maximum atomic E-state index is 10.3. The summed E-state index contributed by atoms with van der Waals surface area (Å²) in [6.45, 7) is 4.21. The Kier molecular flexibility index (Phi) is 40.9. The Morgan fingerprint density at radius 2 is 0.793 bits per heavy atom. The van der Waals surface area contributed by atoms with Gasteiger partial charge in [0.15, 0.2) is 0 Å². The smallest absolute Gasteiger partial charge is 0.550 e. The van der Waals surface area contributed by atoms with Gasteiger partial charge < -0.3 is 24.9 Å². The van der Waals surface area contributed by atoms with Gasteiger partial charge in [0.2, 0.25) is 0 Å². The summed E-state index contributed by atoms with van der Waals surface area (Å²) < 4.78 is 0. The summed E-state index contributed by atoms with van der Waals surface area (Å²) >= 11 is 0. The fraction of sp³-hybridized carbons (Fsp3) is 0.864. The van der Waals surface area contributed by atoms with Gasteiger partial charge in [0, 0.05) is 18.4 Å². The average molecular weight is 540 g/mol. The molecule has 0 aromatic rings. The van der Waals surface area contributed by atoms with Crippen LogP contribution in [0.1, 0.15) is 124 Å². The number of carboxylic acid groups (broad SMARTS) is 3. The molecular weight excluding hydrogens is 498 g/mol. The molecule has 6 nitrogen and oxygen atoms in total.